The van der Waals surface area contributed by atoms with Crippen LogP contribution in [0, 0.1) is 0 Å². The first-order chi connectivity index (χ1) is 12.1. The number of carbonyl (C=O) groups excluding carboxylic acids is 1. The van der Waals surface area contributed by atoms with Gasteiger partial charge in [0.05, 0.1) is 12.5 Å². The van der Waals surface area contributed by atoms with Gasteiger partial charge < -0.3 is 10.2 Å². The zero-order chi connectivity index (χ0) is 17.6. The van der Waals surface area contributed by atoms with Crippen LogP contribution in [-0.2, 0) is 11.2 Å². The van der Waals surface area contributed by atoms with E-state index in [0.29, 0.717) is 6.42 Å². The molecule has 132 valence electrons. The highest BCUT2D eigenvalue weighted by Gasteiger charge is 2.13. The maximum atomic E-state index is 12.3. The second-order valence-corrected chi connectivity index (χ2v) is 7.65. The van der Waals surface area contributed by atoms with Gasteiger partial charge in [0.25, 0.3) is 0 Å². The summed E-state index contributed by atoms with van der Waals surface area (Å²) < 4.78 is 0.999. The maximum absolute atomic E-state index is 12.3. The summed E-state index contributed by atoms with van der Waals surface area (Å²) in [6, 6.07) is 16.5. The van der Waals surface area contributed by atoms with E-state index in [1.165, 1.54) is 24.9 Å². The van der Waals surface area contributed by atoms with Crippen LogP contribution in [0.1, 0.15) is 43.4 Å². The molecule has 1 aliphatic heterocycles. The second kappa shape index (κ2) is 8.52. The molecule has 2 aromatic carbocycles. The van der Waals surface area contributed by atoms with E-state index in [1.807, 2.05) is 31.2 Å². The minimum absolute atomic E-state index is 0.00931. The van der Waals surface area contributed by atoms with Crippen LogP contribution in [0.4, 0.5) is 5.69 Å². The van der Waals surface area contributed by atoms with Gasteiger partial charge in [-0.05, 0) is 61.6 Å². The summed E-state index contributed by atoms with van der Waals surface area (Å²) in [5, 5.41) is 3.10. The molecule has 0 aliphatic carbocycles. The summed E-state index contributed by atoms with van der Waals surface area (Å²) >= 11 is 3.44. The Hall–Kier alpha value is -1.81. The van der Waals surface area contributed by atoms with Crippen LogP contribution < -0.4 is 10.2 Å². The molecule has 1 atom stereocenters. The molecule has 1 saturated heterocycles. The Bertz CT molecular complexity index is 708. The van der Waals surface area contributed by atoms with Gasteiger partial charge in [0, 0.05) is 23.2 Å². The van der Waals surface area contributed by atoms with E-state index < -0.39 is 0 Å². The number of rotatable bonds is 5. The number of piperidine rings is 1. The Morgan fingerprint density at radius 1 is 1.12 bits per heavy atom. The highest BCUT2D eigenvalue weighted by molar-refractivity contribution is 9.10. The monoisotopic (exact) mass is 400 g/mol. The first-order valence-corrected chi connectivity index (χ1v) is 9.80. The lowest BCUT2D eigenvalue weighted by Crippen LogP contribution is -2.30. The van der Waals surface area contributed by atoms with E-state index >= 15 is 0 Å². The van der Waals surface area contributed by atoms with Crippen molar-refractivity contribution in [1.82, 2.24) is 5.32 Å². The van der Waals surface area contributed by atoms with E-state index in [9.17, 15) is 4.79 Å². The van der Waals surface area contributed by atoms with Gasteiger partial charge in [-0.15, -0.1) is 0 Å². The Morgan fingerprint density at radius 3 is 2.52 bits per heavy atom. The Labute approximate surface area is 158 Å². The first kappa shape index (κ1) is 18.0. The molecule has 3 rings (SSSR count). The van der Waals surface area contributed by atoms with Gasteiger partial charge >= 0.3 is 0 Å². The predicted octanol–water partition coefficient (Wildman–Crippen LogP) is 4.86. The fourth-order valence-electron chi connectivity index (χ4n) is 3.33. The Kier molecular flexibility index (Phi) is 6.14. The molecule has 0 spiro atoms. The van der Waals surface area contributed by atoms with Crippen LogP contribution in [0.2, 0.25) is 0 Å². The van der Waals surface area contributed by atoms with Crippen molar-refractivity contribution in [3.05, 3.63) is 64.1 Å². The molecule has 25 heavy (non-hydrogen) atoms. The van der Waals surface area contributed by atoms with Crippen LogP contribution in [0.3, 0.4) is 0 Å². The topological polar surface area (TPSA) is 32.3 Å². The van der Waals surface area contributed by atoms with Gasteiger partial charge in [-0.25, -0.2) is 0 Å². The molecule has 3 nitrogen and oxygen atoms in total. The summed E-state index contributed by atoms with van der Waals surface area (Å²) in [5.74, 6) is 0.0470. The lowest BCUT2D eigenvalue weighted by Gasteiger charge is -2.29. The quantitative estimate of drug-likeness (QED) is 0.776. The third kappa shape index (κ3) is 5.08. The fourth-order valence-corrected chi connectivity index (χ4v) is 3.78. The molecule has 0 unspecified atom stereocenters. The summed E-state index contributed by atoms with van der Waals surface area (Å²) in [6.07, 6.45) is 4.30. The number of benzene rings is 2. The molecule has 1 heterocycles. The average Bonchev–Trinajstić information content (AvgIpc) is 2.62. The van der Waals surface area contributed by atoms with Crippen LogP contribution in [0.5, 0.6) is 0 Å². The second-order valence-electron chi connectivity index (χ2n) is 6.74. The van der Waals surface area contributed by atoms with E-state index in [2.05, 4.69) is 50.4 Å². The average molecular weight is 401 g/mol. The molecule has 0 radical (unpaired) electrons. The Balaban J connectivity index is 1.57. The number of carbonyl (C=O) groups is 1. The number of hydrogen-bond donors (Lipinski definition) is 1. The summed E-state index contributed by atoms with van der Waals surface area (Å²) in [4.78, 5) is 14.7. The van der Waals surface area contributed by atoms with Crippen molar-refractivity contribution in [3.63, 3.8) is 0 Å². The lowest BCUT2D eigenvalue weighted by molar-refractivity contribution is -0.121. The molecule has 1 N–H and O–H groups in total. The van der Waals surface area contributed by atoms with Gasteiger partial charge in [0.15, 0.2) is 0 Å². The molecular weight excluding hydrogens is 376 g/mol. The van der Waals surface area contributed by atoms with E-state index in [1.54, 1.807) is 0 Å². The summed E-state index contributed by atoms with van der Waals surface area (Å²) in [7, 11) is 0. The highest BCUT2D eigenvalue weighted by Crippen LogP contribution is 2.22. The molecule has 0 aromatic heterocycles. The van der Waals surface area contributed by atoms with Crippen LogP contribution in [0.15, 0.2) is 53.0 Å². The normalized spacial score (nSPS) is 15.7. The van der Waals surface area contributed by atoms with Crippen molar-refractivity contribution < 1.29 is 4.79 Å². The fraction of sp³-hybridized carbons (Fsp3) is 0.381. The highest BCUT2D eigenvalue weighted by atomic mass is 79.9. The van der Waals surface area contributed by atoms with Gasteiger partial charge in [-0.2, -0.15) is 0 Å². The smallest absolute Gasteiger partial charge is 0.224 e. The molecule has 1 fully saturated rings. The van der Waals surface area contributed by atoms with Gasteiger partial charge in [0.1, 0.15) is 0 Å². The van der Waals surface area contributed by atoms with Crippen molar-refractivity contribution in [2.75, 3.05) is 18.0 Å². The van der Waals surface area contributed by atoms with E-state index in [0.717, 1.165) is 28.7 Å². The van der Waals surface area contributed by atoms with Crippen LogP contribution in [0.25, 0.3) is 0 Å². The van der Waals surface area contributed by atoms with Crippen molar-refractivity contribution in [2.45, 2.75) is 38.6 Å². The number of hydrogen-bond acceptors (Lipinski definition) is 2. The number of anilines is 1. The molecule has 4 heteroatoms. The number of halogens is 1. The third-order valence-corrected chi connectivity index (χ3v) is 5.24. The summed E-state index contributed by atoms with van der Waals surface area (Å²) in [6.45, 7) is 4.34. The third-order valence-electron chi connectivity index (χ3n) is 4.75. The minimum atomic E-state index is 0.00931. The van der Waals surface area contributed by atoms with Gasteiger partial charge in [0.2, 0.25) is 5.91 Å². The molecule has 0 bridgehead atoms. The number of amides is 1. The SMILES string of the molecule is C[C@@H](NC(=O)Cc1cccc(Br)c1)c1ccc(N2CCCCC2)cc1. The molecule has 1 aliphatic rings. The molecular formula is C21H25BrN2O. The Morgan fingerprint density at radius 2 is 1.84 bits per heavy atom. The van der Waals surface area contributed by atoms with Gasteiger partial charge in [-0.3, -0.25) is 4.79 Å². The summed E-state index contributed by atoms with van der Waals surface area (Å²) in [5.41, 5.74) is 3.44. The van der Waals surface area contributed by atoms with Gasteiger partial charge in [-0.1, -0.05) is 40.2 Å². The van der Waals surface area contributed by atoms with E-state index in [4.69, 9.17) is 0 Å². The van der Waals surface area contributed by atoms with Crippen molar-refractivity contribution >= 4 is 27.5 Å². The zero-order valence-corrected chi connectivity index (χ0v) is 16.3. The van der Waals surface area contributed by atoms with Crippen molar-refractivity contribution in [1.29, 1.82) is 0 Å². The van der Waals surface area contributed by atoms with Crippen LogP contribution >= 0.6 is 15.9 Å². The zero-order valence-electron chi connectivity index (χ0n) is 14.7. The largest absolute Gasteiger partial charge is 0.372 e. The first-order valence-electron chi connectivity index (χ1n) is 9.00. The molecule has 2 aromatic rings. The lowest BCUT2D eigenvalue weighted by atomic mass is 10.1. The van der Waals surface area contributed by atoms with Crippen molar-refractivity contribution in [2.24, 2.45) is 0 Å². The number of nitrogens with zero attached hydrogens (tertiary/aromatic N) is 1. The standard InChI is InChI=1S/C21H25BrN2O/c1-16(23-21(25)15-17-6-5-7-19(22)14-17)18-8-10-20(11-9-18)24-12-3-2-4-13-24/h5-11,14,16H,2-4,12-13,15H2,1H3,(H,23,25)/t16-/m1/s1. The molecule has 1 amide bonds. The maximum Gasteiger partial charge on any atom is 0.224 e. The van der Waals surface area contributed by atoms with Crippen molar-refractivity contribution in [3.8, 4) is 0 Å². The van der Waals surface area contributed by atoms with E-state index in [-0.39, 0.29) is 11.9 Å². The molecule has 0 saturated carbocycles. The minimum Gasteiger partial charge on any atom is -0.372 e. The van der Waals surface area contributed by atoms with Crippen LogP contribution in [-0.4, -0.2) is 19.0 Å². The predicted molar refractivity (Wildman–Crippen MR) is 107 cm³/mol. The number of nitrogens with one attached hydrogen (secondary N) is 1.